The fourth-order valence-electron chi connectivity index (χ4n) is 2.62. The number of amides is 1. The molecule has 1 aromatic heterocycles. The van der Waals surface area contributed by atoms with E-state index >= 15 is 0 Å². The molecule has 0 aliphatic carbocycles. The lowest BCUT2D eigenvalue weighted by atomic mass is 10.1. The lowest BCUT2D eigenvalue weighted by Gasteiger charge is -2.16. The Hall–Kier alpha value is -2.07. The largest absolute Gasteiger partial charge is 0.468 e. The molecule has 1 aromatic carbocycles. The Morgan fingerprint density at radius 3 is 2.71 bits per heavy atom. The number of anilines is 1. The van der Waals surface area contributed by atoms with Crippen molar-refractivity contribution in [1.29, 1.82) is 0 Å². The van der Waals surface area contributed by atoms with Crippen molar-refractivity contribution in [1.82, 2.24) is 5.32 Å². The molecule has 1 atom stereocenters. The van der Waals surface area contributed by atoms with Crippen molar-refractivity contribution in [2.75, 3.05) is 11.4 Å². The second-order valence-electron chi connectivity index (χ2n) is 5.43. The van der Waals surface area contributed by atoms with Crippen LogP contribution in [0.2, 0.25) is 0 Å². The van der Waals surface area contributed by atoms with Gasteiger partial charge in [0.25, 0.3) is 0 Å². The van der Waals surface area contributed by atoms with Gasteiger partial charge in [-0.3, -0.25) is 4.79 Å². The molecular weight excluding hydrogens is 264 g/mol. The number of carbonyl (C=O) groups is 1. The maximum Gasteiger partial charge on any atom is 0.227 e. The predicted octanol–water partition coefficient (Wildman–Crippen LogP) is 3.26. The van der Waals surface area contributed by atoms with Gasteiger partial charge in [0, 0.05) is 25.2 Å². The highest BCUT2D eigenvalue weighted by Crippen LogP contribution is 2.22. The minimum Gasteiger partial charge on any atom is -0.468 e. The topological polar surface area (TPSA) is 45.5 Å². The first-order valence-electron chi connectivity index (χ1n) is 7.40. The van der Waals surface area contributed by atoms with Gasteiger partial charge < -0.3 is 14.6 Å². The summed E-state index contributed by atoms with van der Waals surface area (Å²) in [6, 6.07) is 12.2. The van der Waals surface area contributed by atoms with Crippen LogP contribution >= 0.6 is 0 Å². The second kappa shape index (κ2) is 6.14. The molecule has 1 fully saturated rings. The van der Waals surface area contributed by atoms with Gasteiger partial charge in [-0.2, -0.15) is 0 Å². The normalized spacial score (nSPS) is 16.4. The number of carbonyl (C=O) groups excluding carboxylic acids is 1. The first-order valence-corrected chi connectivity index (χ1v) is 7.40. The number of benzene rings is 1. The summed E-state index contributed by atoms with van der Waals surface area (Å²) in [4.78, 5) is 13.6. The molecule has 1 aliphatic heterocycles. The molecule has 3 rings (SSSR count). The van der Waals surface area contributed by atoms with Crippen LogP contribution in [0, 0.1) is 0 Å². The molecule has 4 heteroatoms. The van der Waals surface area contributed by atoms with E-state index in [1.807, 2.05) is 29.2 Å². The molecule has 1 N–H and O–H groups in total. The van der Waals surface area contributed by atoms with Crippen LogP contribution in [0.5, 0.6) is 0 Å². The van der Waals surface area contributed by atoms with Gasteiger partial charge in [0.15, 0.2) is 0 Å². The quantitative estimate of drug-likeness (QED) is 0.916. The molecule has 1 saturated heterocycles. The average molecular weight is 284 g/mol. The van der Waals surface area contributed by atoms with Crippen molar-refractivity contribution in [2.24, 2.45) is 0 Å². The van der Waals surface area contributed by atoms with Crippen LogP contribution in [0.3, 0.4) is 0 Å². The summed E-state index contributed by atoms with van der Waals surface area (Å²) in [7, 11) is 0. The van der Waals surface area contributed by atoms with Gasteiger partial charge >= 0.3 is 0 Å². The van der Waals surface area contributed by atoms with Crippen LogP contribution in [0.1, 0.15) is 37.1 Å². The van der Waals surface area contributed by atoms with Gasteiger partial charge in [0.05, 0.1) is 12.3 Å². The van der Waals surface area contributed by atoms with Crippen molar-refractivity contribution in [3.8, 4) is 0 Å². The molecule has 0 spiro atoms. The number of hydrogen-bond donors (Lipinski definition) is 1. The molecule has 21 heavy (non-hydrogen) atoms. The average Bonchev–Trinajstić information content (AvgIpc) is 3.17. The molecule has 4 nitrogen and oxygen atoms in total. The molecule has 0 saturated carbocycles. The lowest BCUT2D eigenvalue weighted by molar-refractivity contribution is -0.117. The maximum absolute atomic E-state index is 11.7. The van der Waals surface area contributed by atoms with Gasteiger partial charge in [-0.05, 0) is 43.2 Å². The third-order valence-corrected chi connectivity index (χ3v) is 3.90. The monoisotopic (exact) mass is 284 g/mol. The van der Waals surface area contributed by atoms with Crippen molar-refractivity contribution >= 4 is 11.6 Å². The third-order valence-electron chi connectivity index (χ3n) is 3.90. The number of rotatable bonds is 5. The summed E-state index contributed by atoms with van der Waals surface area (Å²) >= 11 is 0. The molecule has 2 heterocycles. The molecule has 0 radical (unpaired) electrons. The number of nitrogens with one attached hydrogen (secondary N) is 1. The van der Waals surface area contributed by atoms with Crippen LogP contribution in [0.15, 0.2) is 47.1 Å². The van der Waals surface area contributed by atoms with E-state index in [9.17, 15) is 4.79 Å². The maximum atomic E-state index is 11.7. The van der Waals surface area contributed by atoms with Crippen LogP contribution in [0.25, 0.3) is 0 Å². The fourth-order valence-corrected chi connectivity index (χ4v) is 2.62. The Bertz CT molecular complexity index is 590. The van der Waals surface area contributed by atoms with Crippen molar-refractivity contribution in [3.05, 3.63) is 54.0 Å². The number of nitrogens with zero attached hydrogens (tertiary/aromatic N) is 1. The Kier molecular flexibility index (Phi) is 4.06. The standard InChI is InChI=1S/C17H20N2O2/c1-13(16-4-3-11-21-16)18-12-14-6-8-15(9-7-14)19-10-2-5-17(19)20/h3-4,6-9,11,13,18H,2,5,10,12H2,1H3. The van der Waals surface area contributed by atoms with Crippen LogP contribution in [-0.4, -0.2) is 12.5 Å². The smallest absolute Gasteiger partial charge is 0.227 e. The second-order valence-corrected chi connectivity index (χ2v) is 5.43. The fraction of sp³-hybridized carbons (Fsp3) is 0.353. The summed E-state index contributed by atoms with van der Waals surface area (Å²) in [5.74, 6) is 1.17. The molecular formula is C17H20N2O2. The highest BCUT2D eigenvalue weighted by atomic mass is 16.3. The van der Waals surface area contributed by atoms with Gasteiger partial charge in [0.1, 0.15) is 5.76 Å². The van der Waals surface area contributed by atoms with Crippen LogP contribution in [0.4, 0.5) is 5.69 Å². The molecule has 0 bridgehead atoms. The Morgan fingerprint density at radius 2 is 2.10 bits per heavy atom. The van der Waals surface area contributed by atoms with E-state index in [-0.39, 0.29) is 11.9 Å². The van der Waals surface area contributed by atoms with Gasteiger partial charge in [-0.25, -0.2) is 0 Å². The van der Waals surface area contributed by atoms with Crippen LogP contribution in [-0.2, 0) is 11.3 Å². The summed E-state index contributed by atoms with van der Waals surface area (Å²) < 4.78 is 5.38. The Labute approximate surface area is 124 Å². The minimum atomic E-state index is 0.180. The molecule has 1 aliphatic rings. The van der Waals surface area contributed by atoms with Gasteiger partial charge in [-0.1, -0.05) is 12.1 Å². The van der Waals surface area contributed by atoms with E-state index in [2.05, 4.69) is 24.4 Å². The Balaban J connectivity index is 1.58. The molecule has 2 aromatic rings. The molecule has 1 amide bonds. The first-order chi connectivity index (χ1) is 10.2. The summed E-state index contributed by atoms with van der Waals surface area (Å²) in [6.45, 7) is 3.69. The van der Waals surface area contributed by atoms with E-state index in [0.29, 0.717) is 6.42 Å². The van der Waals surface area contributed by atoms with Crippen LogP contribution < -0.4 is 10.2 Å². The van der Waals surface area contributed by atoms with Crippen molar-refractivity contribution < 1.29 is 9.21 Å². The number of hydrogen-bond acceptors (Lipinski definition) is 3. The number of furan rings is 1. The Morgan fingerprint density at radius 1 is 1.29 bits per heavy atom. The zero-order valence-corrected chi connectivity index (χ0v) is 12.2. The SMILES string of the molecule is CC(NCc1ccc(N2CCCC2=O)cc1)c1ccco1. The van der Waals surface area contributed by atoms with Gasteiger partial charge in [0.2, 0.25) is 5.91 Å². The van der Waals surface area contributed by atoms with E-state index < -0.39 is 0 Å². The highest BCUT2D eigenvalue weighted by molar-refractivity contribution is 5.95. The highest BCUT2D eigenvalue weighted by Gasteiger charge is 2.21. The summed E-state index contributed by atoms with van der Waals surface area (Å²) in [5.41, 5.74) is 2.20. The lowest BCUT2D eigenvalue weighted by Crippen LogP contribution is -2.23. The van der Waals surface area contributed by atoms with Gasteiger partial charge in [-0.15, -0.1) is 0 Å². The third kappa shape index (κ3) is 3.16. The summed E-state index contributed by atoms with van der Waals surface area (Å²) in [6.07, 6.45) is 3.32. The van der Waals surface area contributed by atoms with E-state index in [1.54, 1.807) is 6.26 Å². The van der Waals surface area contributed by atoms with Crippen molar-refractivity contribution in [2.45, 2.75) is 32.4 Å². The van der Waals surface area contributed by atoms with Crippen molar-refractivity contribution in [3.63, 3.8) is 0 Å². The zero-order chi connectivity index (χ0) is 14.7. The summed E-state index contributed by atoms with van der Waals surface area (Å²) in [5, 5.41) is 3.42. The molecule has 1 unspecified atom stereocenters. The van der Waals surface area contributed by atoms with E-state index in [1.165, 1.54) is 5.56 Å². The van der Waals surface area contributed by atoms with E-state index in [4.69, 9.17) is 4.42 Å². The molecule has 110 valence electrons. The first kappa shape index (κ1) is 13.9. The van der Waals surface area contributed by atoms with E-state index in [0.717, 1.165) is 31.0 Å². The predicted molar refractivity (Wildman–Crippen MR) is 82.0 cm³/mol. The zero-order valence-electron chi connectivity index (χ0n) is 12.2. The minimum absolute atomic E-state index is 0.180.